The molecule has 0 radical (unpaired) electrons. The maximum Gasteiger partial charge on any atom is 0.214 e. The zero-order valence-electron chi connectivity index (χ0n) is 8.51. The van der Waals surface area contributed by atoms with Crippen LogP contribution in [0.2, 0.25) is 0 Å². The van der Waals surface area contributed by atoms with Crippen molar-refractivity contribution in [3.05, 3.63) is 0 Å². The maximum absolute atomic E-state index is 11.5. The Kier molecular flexibility index (Phi) is 3.72. The molecular weight excluding hydrogens is 174 g/mol. The van der Waals surface area contributed by atoms with E-state index in [1.807, 2.05) is 27.7 Å². The van der Waals surface area contributed by atoms with Crippen LogP contribution in [0.5, 0.6) is 0 Å². The van der Waals surface area contributed by atoms with Crippen molar-refractivity contribution in [2.75, 3.05) is 0 Å². The molecule has 0 aromatic carbocycles. The highest BCUT2D eigenvalue weighted by Gasteiger charge is 2.24. The molecule has 0 aliphatic carbocycles. The standard InChI is InChI=1S/C8H19NO2S/c1-6-7(2)12(10,11)9-8(3,4)5/h7,9H,6H2,1-5H3/t7-/m0/s1. The highest BCUT2D eigenvalue weighted by molar-refractivity contribution is 7.90. The minimum Gasteiger partial charge on any atom is -0.212 e. The lowest BCUT2D eigenvalue weighted by Crippen LogP contribution is -2.44. The molecule has 0 bridgehead atoms. The van der Waals surface area contributed by atoms with Gasteiger partial charge in [0.1, 0.15) is 0 Å². The van der Waals surface area contributed by atoms with Gasteiger partial charge in [0.15, 0.2) is 0 Å². The molecule has 12 heavy (non-hydrogen) atoms. The van der Waals surface area contributed by atoms with Crippen molar-refractivity contribution in [1.29, 1.82) is 0 Å². The summed E-state index contributed by atoms with van der Waals surface area (Å²) in [5.74, 6) is 0. The van der Waals surface area contributed by atoms with Gasteiger partial charge in [0.05, 0.1) is 5.25 Å². The van der Waals surface area contributed by atoms with Gasteiger partial charge in [-0.2, -0.15) is 0 Å². The number of hydrogen-bond acceptors (Lipinski definition) is 2. The molecular formula is C8H19NO2S. The lowest BCUT2D eigenvalue weighted by molar-refractivity contribution is 0.484. The Morgan fingerprint density at radius 3 is 2.00 bits per heavy atom. The molecule has 1 N–H and O–H groups in total. The molecule has 0 rings (SSSR count). The lowest BCUT2D eigenvalue weighted by atomic mass is 10.1. The first-order valence-corrected chi connectivity index (χ1v) is 5.76. The van der Waals surface area contributed by atoms with Crippen LogP contribution in [0.3, 0.4) is 0 Å². The van der Waals surface area contributed by atoms with Crippen molar-refractivity contribution < 1.29 is 8.42 Å². The first-order chi connectivity index (χ1) is 5.19. The summed E-state index contributed by atoms with van der Waals surface area (Å²) in [6.07, 6.45) is 0.644. The van der Waals surface area contributed by atoms with Crippen LogP contribution in [-0.2, 0) is 10.0 Å². The summed E-state index contributed by atoms with van der Waals surface area (Å²) in [7, 11) is -3.12. The predicted molar refractivity (Wildman–Crippen MR) is 51.6 cm³/mol. The number of hydrogen-bond donors (Lipinski definition) is 1. The van der Waals surface area contributed by atoms with Crippen LogP contribution in [0.25, 0.3) is 0 Å². The van der Waals surface area contributed by atoms with Crippen molar-refractivity contribution in [3.63, 3.8) is 0 Å². The van der Waals surface area contributed by atoms with Gasteiger partial charge in [0, 0.05) is 5.54 Å². The van der Waals surface area contributed by atoms with Gasteiger partial charge in [0.2, 0.25) is 10.0 Å². The molecule has 0 aromatic heterocycles. The van der Waals surface area contributed by atoms with Crippen LogP contribution < -0.4 is 4.72 Å². The van der Waals surface area contributed by atoms with E-state index < -0.39 is 10.0 Å². The van der Waals surface area contributed by atoms with Gasteiger partial charge in [-0.25, -0.2) is 13.1 Å². The third kappa shape index (κ3) is 4.07. The molecule has 4 heteroatoms. The molecule has 0 aromatic rings. The fraction of sp³-hybridized carbons (Fsp3) is 1.00. The summed E-state index contributed by atoms with van der Waals surface area (Å²) in [4.78, 5) is 0. The van der Waals surface area contributed by atoms with E-state index in [4.69, 9.17) is 0 Å². The Hall–Kier alpha value is -0.0900. The topological polar surface area (TPSA) is 46.2 Å². The van der Waals surface area contributed by atoms with E-state index in [2.05, 4.69) is 4.72 Å². The second-order valence-corrected chi connectivity index (χ2v) is 6.21. The van der Waals surface area contributed by atoms with Gasteiger partial charge in [-0.1, -0.05) is 6.92 Å². The molecule has 0 saturated carbocycles. The average Bonchev–Trinajstić information content (AvgIpc) is 1.80. The summed E-state index contributed by atoms with van der Waals surface area (Å²) in [5, 5.41) is -0.309. The molecule has 0 amide bonds. The van der Waals surface area contributed by atoms with Crippen molar-refractivity contribution in [3.8, 4) is 0 Å². The molecule has 0 fully saturated rings. The smallest absolute Gasteiger partial charge is 0.212 e. The van der Waals surface area contributed by atoms with E-state index in [9.17, 15) is 8.42 Å². The quantitative estimate of drug-likeness (QED) is 0.738. The number of rotatable bonds is 3. The summed E-state index contributed by atoms with van der Waals surface area (Å²) >= 11 is 0. The van der Waals surface area contributed by atoms with Crippen molar-refractivity contribution in [2.45, 2.75) is 51.8 Å². The van der Waals surface area contributed by atoms with Crippen LogP contribution in [0, 0.1) is 0 Å². The van der Waals surface area contributed by atoms with Crippen LogP contribution in [-0.4, -0.2) is 19.2 Å². The van der Waals surface area contributed by atoms with Gasteiger partial charge >= 0.3 is 0 Å². The molecule has 0 aliphatic heterocycles. The summed E-state index contributed by atoms with van der Waals surface area (Å²) in [6, 6.07) is 0. The minimum atomic E-state index is -3.12. The minimum absolute atomic E-state index is 0.309. The van der Waals surface area contributed by atoms with Crippen molar-refractivity contribution in [1.82, 2.24) is 4.72 Å². The average molecular weight is 193 g/mol. The maximum atomic E-state index is 11.5. The molecule has 3 nitrogen and oxygen atoms in total. The van der Waals surface area contributed by atoms with Crippen LogP contribution in [0.15, 0.2) is 0 Å². The first kappa shape index (κ1) is 11.9. The molecule has 0 saturated heterocycles. The highest BCUT2D eigenvalue weighted by atomic mass is 32.2. The zero-order chi connectivity index (χ0) is 9.99. The van der Waals surface area contributed by atoms with Gasteiger partial charge in [0.25, 0.3) is 0 Å². The Balaban J connectivity index is 4.45. The SMILES string of the molecule is CC[C@H](C)S(=O)(=O)NC(C)(C)C. The monoisotopic (exact) mass is 193 g/mol. The van der Waals surface area contributed by atoms with Crippen LogP contribution >= 0.6 is 0 Å². The van der Waals surface area contributed by atoms with E-state index in [-0.39, 0.29) is 10.8 Å². The van der Waals surface area contributed by atoms with E-state index >= 15 is 0 Å². The largest absolute Gasteiger partial charge is 0.214 e. The highest BCUT2D eigenvalue weighted by Crippen LogP contribution is 2.08. The van der Waals surface area contributed by atoms with E-state index in [0.717, 1.165) is 0 Å². The third-order valence-corrected chi connectivity index (χ3v) is 3.84. The Bertz CT molecular complexity index is 226. The van der Waals surface area contributed by atoms with Gasteiger partial charge in [-0.05, 0) is 34.1 Å². The first-order valence-electron chi connectivity index (χ1n) is 4.22. The van der Waals surface area contributed by atoms with Crippen molar-refractivity contribution >= 4 is 10.0 Å². The molecule has 0 heterocycles. The summed E-state index contributed by atoms with van der Waals surface area (Å²) in [5.41, 5.74) is -0.373. The van der Waals surface area contributed by atoms with E-state index in [0.29, 0.717) is 6.42 Å². The molecule has 0 aliphatic rings. The molecule has 0 spiro atoms. The number of nitrogens with one attached hydrogen (secondary N) is 1. The second kappa shape index (κ2) is 3.75. The normalized spacial score (nSPS) is 16.1. The van der Waals surface area contributed by atoms with Crippen LogP contribution in [0.1, 0.15) is 41.0 Å². The summed E-state index contributed by atoms with van der Waals surface area (Å²) < 4.78 is 25.6. The van der Waals surface area contributed by atoms with Crippen molar-refractivity contribution in [2.24, 2.45) is 0 Å². The third-order valence-electron chi connectivity index (χ3n) is 1.55. The molecule has 0 unspecified atom stereocenters. The molecule has 1 atom stereocenters. The fourth-order valence-corrected chi connectivity index (χ4v) is 2.24. The fourth-order valence-electron chi connectivity index (χ4n) is 0.747. The van der Waals surface area contributed by atoms with Gasteiger partial charge < -0.3 is 0 Å². The van der Waals surface area contributed by atoms with Crippen LogP contribution in [0.4, 0.5) is 0 Å². The Morgan fingerprint density at radius 1 is 1.33 bits per heavy atom. The van der Waals surface area contributed by atoms with E-state index in [1.54, 1.807) is 6.92 Å². The Morgan fingerprint density at radius 2 is 1.75 bits per heavy atom. The molecule has 74 valence electrons. The Labute approximate surface area is 75.6 Å². The second-order valence-electron chi connectivity index (χ2n) is 4.12. The summed E-state index contributed by atoms with van der Waals surface area (Å²) in [6.45, 7) is 9.10. The predicted octanol–water partition coefficient (Wildman–Crippen LogP) is 1.50. The van der Waals surface area contributed by atoms with Gasteiger partial charge in [-0.15, -0.1) is 0 Å². The van der Waals surface area contributed by atoms with E-state index in [1.165, 1.54) is 0 Å². The zero-order valence-corrected chi connectivity index (χ0v) is 9.33. The number of sulfonamides is 1. The van der Waals surface area contributed by atoms with Gasteiger partial charge in [-0.3, -0.25) is 0 Å². The lowest BCUT2D eigenvalue weighted by Gasteiger charge is -2.22.